The average Bonchev–Trinajstić information content (AvgIpc) is 3.00. The van der Waals surface area contributed by atoms with E-state index in [0.29, 0.717) is 31.6 Å². The maximum atomic E-state index is 13.2. The number of amides is 2. The molecule has 3 rings (SSSR count). The Labute approximate surface area is 139 Å². The lowest BCUT2D eigenvalue weighted by molar-refractivity contribution is 0.176. The second kappa shape index (κ2) is 7.30. The van der Waals surface area contributed by atoms with E-state index in [9.17, 15) is 9.18 Å². The third kappa shape index (κ3) is 3.82. The minimum atomic E-state index is -0.290. The molecule has 126 valence electrons. The SMILES string of the molecule is N#C[C@@H]1CCCN(C(=O)NCCCc2nc3ccc(F)cc3[nH]2)C1. The lowest BCUT2D eigenvalue weighted by Gasteiger charge is -2.29. The van der Waals surface area contributed by atoms with E-state index in [0.717, 1.165) is 30.6 Å². The van der Waals surface area contributed by atoms with Gasteiger partial charge in [0.15, 0.2) is 0 Å². The van der Waals surface area contributed by atoms with Gasteiger partial charge in [0.05, 0.1) is 23.0 Å². The van der Waals surface area contributed by atoms with E-state index < -0.39 is 0 Å². The minimum Gasteiger partial charge on any atom is -0.342 e. The lowest BCUT2D eigenvalue weighted by atomic mass is 10.0. The monoisotopic (exact) mass is 329 g/mol. The first-order chi connectivity index (χ1) is 11.7. The number of hydrogen-bond acceptors (Lipinski definition) is 3. The summed E-state index contributed by atoms with van der Waals surface area (Å²) in [5.41, 5.74) is 1.43. The molecule has 0 unspecified atom stereocenters. The van der Waals surface area contributed by atoms with Gasteiger partial charge in [-0.1, -0.05) is 0 Å². The van der Waals surface area contributed by atoms with E-state index in [-0.39, 0.29) is 17.8 Å². The number of piperidine rings is 1. The predicted molar refractivity (Wildman–Crippen MR) is 87.7 cm³/mol. The number of nitrogens with zero attached hydrogens (tertiary/aromatic N) is 3. The smallest absolute Gasteiger partial charge is 0.317 e. The number of fused-ring (bicyclic) bond motifs is 1. The Morgan fingerprint density at radius 3 is 3.25 bits per heavy atom. The summed E-state index contributed by atoms with van der Waals surface area (Å²) in [5, 5.41) is 11.9. The fourth-order valence-corrected chi connectivity index (χ4v) is 2.98. The van der Waals surface area contributed by atoms with Crippen molar-refractivity contribution in [3.05, 3.63) is 29.8 Å². The number of carbonyl (C=O) groups excluding carboxylic acids is 1. The standard InChI is InChI=1S/C17H20FN5O/c18-13-5-6-14-15(9-13)22-16(21-14)4-1-7-20-17(24)23-8-2-3-12(10-19)11-23/h5-6,9,12H,1-4,7-8,11H2,(H,20,24)(H,21,22)/t12-/m0/s1. The Kier molecular flexibility index (Phi) is 4.94. The van der Waals surface area contributed by atoms with Crippen molar-refractivity contribution >= 4 is 17.1 Å². The molecule has 1 atom stereocenters. The number of likely N-dealkylation sites (tertiary alicyclic amines) is 1. The van der Waals surface area contributed by atoms with Crippen LogP contribution in [0.15, 0.2) is 18.2 Å². The molecular weight excluding hydrogens is 309 g/mol. The van der Waals surface area contributed by atoms with Crippen LogP contribution in [-0.4, -0.2) is 40.5 Å². The highest BCUT2D eigenvalue weighted by Gasteiger charge is 2.22. The van der Waals surface area contributed by atoms with Crippen LogP contribution in [0.2, 0.25) is 0 Å². The molecule has 1 aliphatic heterocycles. The van der Waals surface area contributed by atoms with Gasteiger partial charge in [0.25, 0.3) is 0 Å². The maximum Gasteiger partial charge on any atom is 0.317 e. The Balaban J connectivity index is 1.44. The average molecular weight is 329 g/mol. The number of benzene rings is 1. The molecule has 0 saturated carbocycles. The normalized spacial score (nSPS) is 17.7. The highest BCUT2D eigenvalue weighted by Crippen LogP contribution is 2.15. The number of H-pyrrole nitrogens is 1. The number of halogens is 1. The number of nitriles is 1. The van der Waals surface area contributed by atoms with Crippen LogP contribution in [-0.2, 0) is 6.42 Å². The van der Waals surface area contributed by atoms with Crippen LogP contribution in [0.25, 0.3) is 11.0 Å². The summed E-state index contributed by atoms with van der Waals surface area (Å²) in [4.78, 5) is 21.3. The Morgan fingerprint density at radius 2 is 2.42 bits per heavy atom. The van der Waals surface area contributed by atoms with Gasteiger partial charge in [-0.25, -0.2) is 14.2 Å². The molecule has 2 N–H and O–H groups in total. The van der Waals surface area contributed by atoms with Crippen molar-refractivity contribution in [2.24, 2.45) is 5.92 Å². The van der Waals surface area contributed by atoms with Crippen LogP contribution < -0.4 is 5.32 Å². The van der Waals surface area contributed by atoms with E-state index in [1.54, 1.807) is 11.0 Å². The molecule has 1 saturated heterocycles. The van der Waals surface area contributed by atoms with Gasteiger partial charge in [0.2, 0.25) is 0 Å². The summed E-state index contributed by atoms with van der Waals surface area (Å²) < 4.78 is 13.2. The first-order valence-corrected chi connectivity index (χ1v) is 8.22. The van der Waals surface area contributed by atoms with E-state index in [1.165, 1.54) is 12.1 Å². The Hall–Kier alpha value is -2.62. The molecule has 1 fully saturated rings. The number of aromatic nitrogens is 2. The Morgan fingerprint density at radius 1 is 1.54 bits per heavy atom. The van der Waals surface area contributed by atoms with Gasteiger partial charge >= 0.3 is 6.03 Å². The van der Waals surface area contributed by atoms with Crippen LogP contribution in [0.1, 0.15) is 25.1 Å². The van der Waals surface area contributed by atoms with Crippen molar-refractivity contribution in [2.75, 3.05) is 19.6 Å². The van der Waals surface area contributed by atoms with Crippen LogP contribution >= 0.6 is 0 Å². The highest BCUT2D eigenvalue weighted by atomic mass is 19.1. The third-order valence-corrected chi connectivity index (χ3v) is 4.25. The van der Waals surface area contributed by atoms with Gasteiger partial charge in [-0.05, 0) is 37.5 Å². The summed E-state index contributed by atoms with van der Waals surface area (Å²) in [6.45, 7) is 1.76. The highest BCUT2D eigenvalue weighted by molar-refractivity contribution is 5.75. The molecule has 0 bridgehead atoms. The molecule has 2 heterocycles. The minimum absolute atomic E-state index is 0.0551. The van der Waals surface area contributed by atoms with Crippen molar-refractivity contribution in [2.45, 2.75) is 25.7 Å². The van der Waals surface area contributed by atoms with E-state index in [4.69, 9.17) is 5.26 Å². The fourth-order valence-electron chi connectivity index (χ4n) is 2.98. The number of imidazole rings is 1. The lowest BCUT2D eigenvalue weighted by Crippen LogP contribution is -2.45. The largest absolute Gasteiger partial charge is 0.342 e. The molecule has 6 nitrogen and oxygen atoms in total. The van der Waals surface area contributed by atoms with Gasteiger partial charge in [-0.15, -0.1) is 0 Å². The molecule has 0 spiro atoms. The zero-order chi connectivity index (χ0) is 16.9. The van der Waals surface area contributed by atoms with Gasteiger partial charge in [-0.3, -0.25) is 0 Å². The van der Waals surface area contributed by atoms with Crippen molar-refractivity contribution in [1.29, 1.82) is 5.26 Å². The summed E-state index contributed by atoms with van der Waals surface area (Å²) in [7, 11) is 0. The number of urea groups is 1. The van der Waals surface area contributed by atoms with E-state index >= 15 is 0 Å². The topological polar surface area (TPSA) is 84.8 Å². The molecule has 0 aliphatic carbocycles. The second-order valence-electron chi connectivity index (χ2n) is 6.09. The summed E-state index contributed by atoms with van der Waals surface area (Å²) in [6, 6.07) is 6.59. The molecule has 1 aromatic carbocycles. The van der Waals surface area contributed by atoms with E-state index in [2.05, 4.69) is 21.4 Å². The molecule has 2 aromatic rings. The maximum absolute atomic E-state index is 13.2. The Bertz CT molecular complexity index is 766. The third-order valence-electron chi connectivity index (χ3n) is 4.25. The van der Waals surface area contributed by atoms with Gasteiger partial charge in [-0.2, -0.15) is 5.26 Å². The number of aryl methyl sites for hydroxylation is 1. The first-order valence-electron chi connectivity index (χ1n) is 8.22. The zero-order valence-electron chi connectivity index (χ0n) is 13.4. The molecule has 1 aliphatic rings. The van der Waals surface area contributed by atoms with Crippen LogP contribution in [0.5, 0.6) is 0 Å². The van der Waals surface area contributed by atoms with E-state index in [1.807, 2.05) is 0 Å². The van der Waals surface area contributed by atoms with Crippen molar-refractivity contribution < 1.29 is 9.18 Å². The van der Waals surface area contributed by atoms with Crippen molar-refractivity contribution in [3.8, 4) is 6.07 Å². The predicted octanol–water partition coefficient (Wildman–Crippen LogP) is 2.58. The second-order valence-corrected chi connectivity index (χ2v) is 6.09. The van der Waals surface area contributed by atoms with Gasteiger partial charge < -0.3 is 15.2 Å². The number of rotatable bonds is 4. The molecule has 7 heteroatoms. The number of carbonyl (C=O) groups is 1. The molecule has 24 heavy (non-hydrogen) atoms. The summed E-state index contributed by atoms with van der Waals surface area (Å²) in [6.07, 6.45) is 3.16. The molecule has 1 aromatic heterocycles. The van der Waals surface area contributed by atoms with Crippen molar-refractivity contribution in [3.63, 3.8) is 0 Å². The van der Waals surface area contributed by atoms with Crippen LogP contribution in [0.3, 0.4) is 0 Å². The van der Waals surface area contributed by atoms with Gasteiger partial charge in [0, 0.05) is 26.1 Å². The quantitative estimate of drug-likeness (QED) is 0.846. The molecular formula is C17H20FN5O. The van der Waals surface area contributed by atoms with Crippen molar-refractivity contribution in [1.82, 2.24) is 20.2 Å². The fraction of sp³-hybridized carbons (Fsp3) is 0.471. The summed E-state index contributed by atoms with van der Waals surface area (Å²) in [5.74, 6) is 0.440. The zero-order valence-corrected chi connectivity index (χ0v) is 13.4. The number of nitrogens with one attached hydrogen (secondary N) is 2. The number of hydrogen-bond donors (Lipinski definition) is 2. The van der Waals surface area contributed by atoms with Crippen LogP contribution in [0, 0.1) is 23.1 Å². The molecule has 0 radical (unpaired) electrons. The van der Waals surface area contributed by atoms with Crippen LogP contribution in [0.4, 0.5) is 9.18 Å². The first kappa shape index (κ1) is 16.2. The van der Waals surface area contributed by atoms with Gasteiger partial charge in [0.1, 0.15) is 11.6 Å². The summed E-state index contributed by atoms with van der Waals surface area (Å²) >= 11 is 0. The molecule has 2 amide bonds. The number of aromatic amines is 1.